The number of rotatable bonds is 3. The van der Waals surface area contributed by atoms with Gasteiger partial charge in [-0.1, -0.05) is 24.3 Å². The fourth-order valence-electron chi connectivity index (χ4n) is 1.89. The number of phenols is 1. The number of fused-ring (bicyclic) bond motifs is 1. The largest absolute Gasteiger partial charge is 0.508 e. The lowest BCUT2D eigenvalue weighted by molar-refractivity contribution is 0.475. The molecule has 0 aliphatic rings. The van der Waals surface area contributed by atoms with Gasteiger partial charge in [0.2, 0.25) is 0 Å². The molecule has 5 heteroatoms. The summed E-state index contributed by atoms with van der Waals surface area (Å²) < 4.78 is 0. The van der Waals surface area contributed by atoms with Crippen molar-refractivity contribution in [2.45, 2.75) is 5.16 Å². The van der Waals surface area contributed by atoms with Gasteiger partial charge in [0.1, 0.15) is 11.8 Å². The van der Waals surface area contributed by atoms with Crippen LogP contribution in [0.4, 0.5) is 0 Å². The number of allylic oxidation sites excluding steroid dienone is 1. The van der Waals surface area contributed by atoms with Gasteiger partial charge in [0.25, 0.3) is 0 Å². The zero-order chi connectivity index (χ0) is 14.7. The summed E-state index contributed by atoms with van der Waals surface area (Å²) in [5, 5.41) is 19.2. The van der Waals surface area contributed by atoms with Crippen LogP contribution in [0.5, 0.6) is 5.75 Å². The summed E-state index contributed by atoms with van der Waals surface area (Å²) in [6, 6.07) is 16.6. The summed E-state index contributed by atoms with van der Waals surface area (Å²) >= 11 is 1.28. The number of aromatic hydroxyl groups is 1. The van der Waals surface area contributed by atoms with E-state index in [4.69, 9.17) is 0 Å². The van der Waals surface area contributed by atoms with Gasteiger partial charge >= 0.3 is 0 Å². The van der Waals surface area contributed by atoms with Crippen LogP contribution in [-0.4, -0.2) is 15.1 Å². The van der Waals surface area contributed by atoms with Gasteiger partial charge in [-0.2, -0.15) is 5.26 Å². The maximum atomic E-state index is 9.26. The van der Waals surface area contributed by atoms with E-state index in [1.54, 1.807) is 30.3 Å². The van der Waals surface area contributed by atoms with Crippen molar-refractivity contribution in [2.75, 3.05) is 0 Å². The molecule has 3 rings (SSSR count). The second-order valence-electron chi connectivity index (χ2n) is 4.37. The normalized spacial score (nSPS) is 11.5. The predicted molar refractivity (Wildman–Crippen MR) is 83.6 cm³/mol. The number of imidazole rings is 1. The van der Waals surface area contributed by atoms with Crippen molar-refractivity contribution in [2.24, 2.45) is 0 Å². The van der Waals surface area contributed by atoms with E-state index in [0.717, 1.165) is 16.6 Å². The maximum Gasteiger partial charge on any atom is 0.171 e. The fraction of sp³-hybridized carbons (Fsp3) is 0. The fourth-order valence-corrected chi connectivity index (χ4v) is 2.64. The number of H-pyrrole nitrogens is 1. The van der Waals surface area contributed by atoms with Crippen LogP contribution < -0.4 is 0 Å². The number of aromatic nitrogens is 2. The molecule has 2 N–H and O–H groups in total. The molecule has 0 spiro atoms. The summed E-state index contributed by atoms with van der Waals surface area (Å²) in [6.07, 6.45) is 1.76. The summed E-state index contributed by atoms with van der Waals surface area (Å²) in [5.74, 6) is 0.204. The molecular weight excluding hydrogens is 282 g/mol. The number of aromatic amines is 1. The van der Waals surface area contributed by atoms with Crippen molar-refractivity contribution in [3.8, 4) is 11.8 Å². The first-order chi connectivity index (χ1) is 10.2. The monoisotopic (exact) mass is 293 g/mol. The number of benzene rings is 2. The van der Waals surface area contributed by atoms with Crippen LogP contribution in [0.3, 0.4) is 0 Å². The Labute approximate surface area is 125 Å². The lowest BCUT2D eigenvalue weighted by atomic mass is 10.2. The summed E-state index contributed by atoms with van der Waals surface area (Å²) in [7, 11) is 0. The Kier molecular flexibility index (Phi) is 3.63. The van der Waals surface area contributed by atoms with E-state index in [2.05, 4.69) is 16.0 Å². The average molecular weight is 293 g/mol. The van der Waals surface area contributed by atoms with E-state index in [9.17, 15) is 10.4 Å². The number of phenolic OH excluding ortho intramolecular Hbond substituents is 1. The van der Waals surface area contributed by atoms with Crippen LogP contribution in [0, 0.1) is 11.3 Å². The first-order valence-electron chi connectivity index (χ1n) is 6.28. The number of para-hydroxylation sites is 2. The Morgan fingerprint density at radius 3 is 2.67 bits per heavy atom. The summed E-state index contributed by atoms with van der Waals surface area (Å²) in [4.78, 5) is 8.13. The number of thioether (sulfide) groups is 1. The predicted octanol–water partition coefficient (Wildman–Crippen LogP) is 3.93. The number of nitrogens with zero attached hydrogens (tertiary/aromatic N) is 2. The second-order valence-corrected chi connectivity index (χ2v) is 5.40. The molecule has 1 aromatic heterocycles. The van der Waals surface area contributed by atoms with Gasteiger partial charge in [-0.05, 0) is 47.7 Å². The Morgan fingerprint density at radius 1 is 1.19 bits per heavy atom. The summed E-state index contributed by atoms with van der Waals surface area (Å²) in [6.45, 7) is 0. The van der Waals surface area contributed by atoms with Gasteiger partial charge in [0.15, 0.2) is 5.16 Å². The van der Waals surface area contributed by atoms with Gasteiger partial charge in [0, 0.05) is 0 Å². The Hall–Kier alpha value is -2.71. The van der Waals surface area contributed by atoms with E-state index >= 15 is 0 Å². The third-order valence-corrected chi connectivity index (χ3v) is 3.69. The van der Waals surface area contributed by atoms with E-state index < -0.39 is 0 Å². The molecule has 1 heterocycles. The molecule has 0 saturated carbocycles. The highest BCUT2D eigenvalue weighted by Gasteiger charge is 2.06. The highest BCUT2D eigenvalue weighted by atomic mass is 32.2. The molecule has 3 aromatic rings. The first-order valence-corrected chi connectivity index (χ1v) is 7.10. The molecule has 0 fully saturated rings. The molecular formula is C16H11N3OS. The number of nitriles is 1. The Morgan fingerprint density at radius 2 is 1.95 bits per heavy atom. The van der Waals surface area contributed by atoms with Crippen molar-refractivity contribution in [3.05, 3.63) is 59.0 Å². The lowest BCUT2D eigenvalue weighted by Crippen LogP contribution is -1.78. The smallest absolute Gasteiger partial charge is 0.171 e. The molecule has 2 aromatic carbocycles. The van der Waals surface area contributed by atoms with Crippen LogP contribution in [0.2, 0.25) is 0 Å². The van der Waals surface area contributed by atoms with Crippen LogP contribution in [-0.2, 0) is 0 Å². The van der Waals surface area contributed by atoms with E-state index in [0.29, 0.717) is 10.1 Å². The van der Waals surface area contributed by atoms with Crippen molar-refractivity contribution < 1.29 is 5.11 Å². The number of nitrogens with one attached hydrogen (secondary N) is 1. The zero-order valence-corrected chi connectivity index (χ0v) is 11.8. The van der Waals surface area contributed by atoms with Crippen LogP contribution in [0.25, 0.3) is 17.1 Å². The molecule has 0 amide bonds. The van der Waals surface area contributed by atoms with Crippen LogP contribution >= 0.6 is 11.8 Å². The minimum atomic E-state index is 0.204. The first kappa shape index (κ1) is 13.3. The minimum absolute atomic E-state index is 0.204. The van der Waals surface area contributed by atoms with Crippen LogP contribution in [0.1, 0.15) is 5.56 Å². The molecule has 4 nitrogen and oxygen atoms in total. The van der Waals surface area contributed by atoms with Gasteiger partial charge in [0.05, 0.1) is 15.9 Å². The topological polar surface area (TPSA) is 72.7 Å². The highest BCUT2D eigenvalue weighted by molar-refractivity contribution is 8.03. The Balaban J connectivity index is 1.87. The lowest BCUT2D eigenvalue weighted by Gasteiger charge is -1.97. The molecule has 0 unspecified atom stereocenters. The second kappa shape index (κ2) is 5.73. The standard InChI is InChI=1S/C16H11N3OS/c17-10-13(9-11-5-7-12(20)8-6-11)21-16-18-14-3-1-2-4-15(14)19-16/h1-9,20H,(H,18,19)/b13-9+. The molecule has 0 aliphatic carbocycles. The zero-order valence-electron chi connectivity index (χ0n) is 10.9. The molecule has 0 saturated heterocycles. The Bertz CT molecular complexity index is 811. The van der Waals surface area contributed by atoms with E-state index in [1.807, 2.05) is 24.3 Å². The van der Waals surface area contributed by atoms with Gasteiger partial charge in [-0.15, -0.1) is 0 Å². The molecule has 102 valence electrons. The molecule has 21 heavy (non-hydrogen) atoms. The maximum absolute atomic E-state index is 9.26. The van der Waals surface area contributed by atoms with E-state index in [-0.39, 0.29) is 5.75 Å². The number of hydrogen-bond donors (Lipinski definition) is 2. The third kappa shape index (κ3) is 3.07. The van der Waals surface area contributed by atoms with Crippen molar-refractivity contribution in [1.29, 1.82) is 5.26 Å². The molecule has 0 radical (unpaired) electrons. The SMILES string of the molecule is N#C/C(=C\c1ccc(O)cc1)Sc1nc2ccccc2[nH]1. The van der Waals surface area contributed by atoms with Gasteiger partial charge in [-0.3, -0.25) is 0 Å². The molecule has 0 atom stereocenters. The number of hydrogen-bond acceptors (Lipinski definition) is 4. The average Bonchev–Trinajstić information content (AvgIpc) is 2.91. The molecule has 0 bridgehead atoms. The highest BCUT2D eigenvalue weighted by Crippen LogP contribution is 2.27. The molecule has 0 aliphatic heterocycles. The van der Waals surface area contributed by atoms with E-state index in [1.165, 1.54) is 11.8 Å². The van der Waals surface area contributed by atoms with Crippen molar-refractivity contribution in [3.63, 3.8) is 0 Å². The van der Waals surface area contributed by atoms with Gasteiger partial charge in [-0.25, -0.2) is 4.98 Å². The van der Waals surface area contributed by atoms with Gasteiger partial charge < -0.3 is 10.1 Å². The van der Waals surface area contributed by atoms with Crippen molar-refractivity contribution >= 4 is 28.9 Å². The third-order valence-electron chi connectivity index (χ3n) is 2.88. The quantitative estimate of drug-likeness (QED) is 0.567. The summed E-state index contributed by atoms with van der Waals surface area (Å²) in [5.41, 5.74) is 2.68. The minimum Gasteiger partial charge on any atom is -0.508 e. The van der Waals surface area contributed by atoms with Crippen LogP contribution in [0.15, 0.2) is 58.6 Å². The van der Waals surface area contributed by atoms with Crippen molar-refractivity contribution in [1.82, 2.24) is 9.97 Å².